The third kappa shape index (κ3) is 27.9. The molecular formula is C12H10Cl2F6PRe-. The average molecular weight is 556 g/mol. The van der Waals surface area contributed by atoms with Gasteiger partial charge in [-0.2, -0.15) is 0 Å². The van der Waals surface area contributed by atoms with Crippen LogP contribution in [-0.4, -0.2) is 0 Å². The van der Waals surface area contributed by atoms with Crippen molar-refractivity contribution in [3.63, 3.8) is 0 Å². The van der Waals surface area contributed by atoms with Gasteiger partial charge < -0.3 is 0 Å². The van der Waals surface area contributed by atoms with E-state index in [-0.39, 0.29) is 20.4 Å². The van der Waals surface area contributed by atoms with E-state index in [1.165, 1.54) is 0 Å². The van der Waals surface area contributed by atoms with Crippen LogP contribution in [-0.2, 0) is 20.4 Å². The van der Waals surface area contributed by atoms with Crippen molar-refractivity contribution in [2.75, 3.05) is 0 Å². The Morgan fingerprint density at radius 3 is 0.818 bits per heavy atom. The van der Waals surface area contributed by atoms with Gasteiger partial charge in [0, 0.05) is 30.5 Å². The molecule has 22 heavy (non-hydrogen) atoms. The summed E-state index contributed by atoms with van der Waals surface area (Å²) in [5.41, 5.74) is 0. The van der Waals surface area contributed by atoms with Gasteiger partial charge in [-0.15, -0.1) is 0 Å². The molecule has 0 atom stereocenters. The van der Waals surface area contributed by atoms with Crippen molar-refractivity contribution in [2.45, 2.75) is 0 Å². The van der Waals surface area contributed by atoms with Crippen molar-refractivity contribution in [1.82, 2.24) is 0 Å². The smallest absolute Gasteiger partial charge is 0 e. The fraction of sp³-hybridized carbons (Fsp3) is 0. The predicted molar refractivity (Wildman–Crippen MR) is 76.5 cm³/mol. The minimum Gasteiger partial charge on any atom is 0 e. The fourth-order valence-corrected chi connectivity index (χ4v) is 1.12. The molecule has 0 N–H and O–H groups in total. The first-order valence-electron chi connectivity index (χ1n) is 5.21. The molecule has 10 heteroatoms. The summed E-state index contributed by atoms with van der Waals surface area (Å²) in [4.78, 5) is 0. The second-order valence-electron chi connectivity index (χ2n) is 3.55. The molecule has 0 spiro atoms. The second kappa shape index (κ2) is 8.52. The zero-order valence-electron chi connectivity index (χ0n) is 10.6. The maximum atomic E-state index is 9.87. The van der Waals surface area contributed by atoms with Crippen LogP contribution in [0, 0.1) is 0 Å². The van der Waals surface area contributed by atoms with Crippen LogP contribution in [0.1, 0.15) is 0 Å². The molecule has 1 radical (unpaired) electrons. The van der Waals surface area contributed by atoms with Gasteiger partial charge in [0.1, 0.15) is 0 Å². The van der Waals surface area contributed by atoms with Gasteiger partial charge in [-0.3, -0.25) is 0 Å². The van der Waals surface area contributed by atoms with Gasteiger partial charge in [-0.25, -0.2) is 0 Å². The van der Waals surface area contributed by atoms with Crippen LogP contribution in [0.15, 0.2) is 60.7 Å². The van der Waals surface area contributed by atoms with Gasteiger partial charge in [0.15, 0.2) is 0 Å². The largest absolute Gasteiger partial charge is 0 e. The third-order valence-electron chi connectivity index (χ3n) is 1.47. The Morgan fingerprint density at radius 1 is 0.545 bits per heavy atom. The molecule has 0 aliphatic heterocycles. The standard InChI is InChI=1S/2C6H5Cl.F6P.Re/c2*7-6-4-2-1-3-5-6;1-7(2,3,4,5)6;/h2*1-5H;;/q;;-1;. The van der Waals surface area contributed by atoms with Gasteiger partial charge in [-0.05, 0) is 24.3 Å². The van der Waals surface area contributed by atoms with Crippen LogP contribution < -0.4 is 0 Å². The summed E-state index contributed by atoms with van der Waals surface area (Å²) in [6.45, 7) is 0. The van der Waals surface area contributed by atoms with Crippen LogP contribution in [0.2, 0.25) is 10.0 Å². The normalized spacial score (nSPS) is 12.9. The zero-order chi connectivity index (χ0) is 16.6. The SMILES string of the molecule is Clc1ccccc1.Clc1ccccc1.F[P-](F)(F)(F)(F)F.[Re]. The molecule has 2 aromatic rings. The average Bonchev–Trinajstić information content (AvgIpc) is 2.27. The van der Waals surface area contributed by atoms with Gasteiger partial charge >= 0.3 is 33.0 Å². The van der Waals surface area contributed by atoms with Gasteiger partial charge in [0.2, 0.25) is 0 Å². The first-order chi connectivity index (χ1) is 9.24. The van der Waals surface area contributed by atoms with E-state index in [1.807, 2.05) is 60.7 Å². The Hall–Kier alpha value is -0.308. The second-order valence-corrected chi connectivity index (χ2v) is 6.34. The molecule has 0 saturated carbocycles. The van der Waals surface area contributed by atoms with E-state index in [2.05, 4.69) is 0 Å². The third-order valence-corrected chi connectivity index (χ3v) is 1.97. The van der Waals surface area contributed by atoms with Crippen molar-refractivity contribution in [2.24, 2.45) is 0 Å². The molecule has 0 bridgehead atoms. The molecule has 0 fully saturated rings. The van der Waals surface area contributed by atoms with Crippen molar-refractivity contribution in [3.05, 3.63) is 70.7 Å². The Bertz CT molecular complexity index is 484. The number of rotatable bonds is 0. The molecule has 0 unspecified atom stereocenters. The summed E-state index contributed by atoms with van der Waals surface area (Å²) in [6.07, 6.45) is 0. The monoisotopic (exact) mass is 556 g/mol. The van der Waals surface area contributed by atoms with E-state index in [0.29, 0.717) is 0 Å². The number of hydrogen-bond acceptors (Lipinski definition) is 0. The van der Waals surface area contributed by atoms with E-state index in [0.717, 1.165) is 10.0 Å². The van der Waals surface area contributed by atoms with Gasteiger partial charge in [0.25, 0.3) is 0 Å². The van der Waals surface area contributed by atoms with Crippen molar-refractivity contribution in [3.8, 4) is 0 Å². The zero-order valence-corrected chi connectivity index (χ0v) is 15.7. The predicted octanol–water partition coefficient (Wildman–Crippen LogP) is 8.06. The van der Waals surface area contributed by atoms with Crippen LogP contribution in [0.25, 0.3) is 0 Å². The van der Waals surface area contributed by atoms with E-state index >= 15 is 0 Å². The minimum absolute atomic E-state index is 0. The van der Waals surface area contributed by atoms with E-state index in [9.17, 15) is 25.2 Å². The molecule has 0 aromatic heterocycles. The number of halogens is 8. The minimum atomic E-state index is -10.7. The van der Waals surface area contributed by atoms with Crippen LogP contribution in [0.5, 0.6) is 0 Å². The first-order valence-corrected chi connectivity index (χ1v) is 8.00. The molecule has 0 amide bonds. The maximum absolute atomic E-state index is 10.7. The number of benzene rings is 2. The molecule has 2 rings (SSSR count). The summed E-state index contributed by atoms with van der Waals surface area (Å²) in [6, 6.07) is 18.9. The molecule has 0 aliphatic carbocycles. The Kier molecular flexibility index (Phi) is 9.27. The Balaban J connectivity index is 0. The quantitative estimate of drug-likeness (QED) is 0.228. The van der Waals surface area contributed by atoms with Crippen LogP contribution >= 0.6 is 31.0 Å². The van der Waals surface area contributed by atoms with Crippen molar-refractivity contribution in [1.29, 1.82) is 0 Å². The van der Waals surface area contributed by atoms with Crippen molar-refractivity contribution >= 4 is 31.0 Å². The van der Waals surface area contributed by atoms with E-state index in [4.69, 9.17) is 23.2 Å². The molecule has 0 heterocycles. The summed E-state index contributed by atoms with van der Waals surface area (Å²) >= 11 is 11.1. The maximum Gasteiger partial charge on any atom is 0 e. The summed E-state index contributed by atoms with van der Waals surface area (Å²) < 4.78 is 59.2. The van der Waals surface area contributed by atoms with Gasteiger partial charge in [0.05, 0.1) is 0 Å². The Labute approximate surface area is 147 Å². The molecular weight excluding hydrogens is 546 g/mol. The molecule has 2 aromatic carbocycles. The summed E-state index contributed by atoms with van der Waals surface area (Å²) in [5, 5.41) is 1.59. The molecule has 0 aliphatic rings. The summed E-state index contributed by atoms with van der Waals surface area (Å²) in [7, 11) is -10.7. The molecule has 127 valence electrons. The topological polar surface area (TPSA) is 0 Å². The van der Waals surface area contributed by atoms with Crippen molar-refractivity contribution < 1.29 is 45.6 Å². The first kappa shape index (κ1) is 24.0. The molecule has 0 nitrogen and oxygen atoms in total. The van der Waals surface area contributed by atoms with E-state index < -0.39 is 7.81 Å². The summed E-state index contributed by atoms with van der Waals surface area (Å²) in [5.74, 6) is 0. The fourth-order valence-electron chi connectivity index (χ4n) is 0.829. The van der Waals surface area contributed by atoms with Crippen LogP contribution in [0.4, 0.5) is 25.2 Å². The number of hydrogen-bond donors (Lipinski definition) is 0. The molecule has 0 saturated heterocycles. The Morgan fingerprint density at radius 2 is 0.727 bits per heavy atom. The van der Waals surface area contributed by atoms with E-state index in [1.54, 1.807) is 0 Å². The van der Waals surface area contributed by atoms with Crippen LogP contribution in [0.3, 0.4) is 0 Å². The van der Waals surface area contributed by atoms with Gasteiger partial charge in [-0.1, -0.05) is 59.6 Å².